The molecule has 0 amide bonds. The molecule has 0 aromatic heterocycles. The van der Waals surface area contributed by atoms with Gasteiger partial charge in [0.05, 0.1) is 11.3 Å². The maximum absolute atomic E-state index is 13.2. The minimum Gasteiger partial charge on any atom is -0.396 e. The number of carbonyl (C=O) groups excluding carboxylic acids is 1. The second-order valence-electron chi connectivity index (χ2n) is 3.66. The van der Waals surface area contributed by atoms with Crippen LogP contribution in [-0.2, 0) is 11.0 Å². The van der Waals surface area contributed by atoms with Gasteiger partial charge in [-0.3, -0.25) is 4.79 Å². The second-order valence-corrected chi connectivity index (χ2v) is 4.86. The van der Waals surface area contributed by atoms with Crippen molar-refractivity contribution in [3.8, 4) is 0 Å². The molecule has 1 aromatic rings. The zero-order chi connectivity index (χ0) is 14.6. The number of rotatable bonds is 3. The summed E-state index contributed by atoms with van der Waals surface area (Å²) in [4.78, 5) is 10.7. The number of nitrogen functional groups attached to an aromatic ring is 1. The number of hydrogen-bond donors (Lipinski definition) is 1. The Morgan fingerprint density at radius 1 is 1.42 bits per heavy atom. The van der Waals surface area contributed by atoms with Gasteiger partial charge in [-0.1, -0.05) is 23.9 Å². The number of anilines is 1. The van der Waals surface area contributed by atoms with Gasteiger partial charge < -0.3 is 5.73 Å². The van der Waals surface area contributed by atoms with Gasteiger partial charge in [0.15, 0.2) is 5.12 Å². The standard InChI is InChI=1S/C12H11F4NOS/c1-7(18)19-4-2-3-8-5-10(13)11(17)6-9(8)12(14,15)16/h2-3,5-6H,4,17H2,1H3. The van der Waals surface area contributed by atoms with E-state index in [2.05, 4.69) is 0 Å². The summed E-state index contributed by atoms with van der Waals surface area (Å²) in [6, 6.07) is 1.29. The Kier molecular flexibility index (Phi) is 4.99. The Balaban J connectivity index is 3.05. The van der Waals surface area contributed by atoms with Gasteiger partial charge in [-0.25, -0.2) is 4.39 Å². The van der Waals surface area contributed by atoms with E-state index < -0.39 is 23.2 Å². The largest absolute Gasteiger partial charge is 0.417 e. The summed E-state index contributed by atoms with van der Waals surface area (Å²) in [6.07, 6.45) is -2.12. The highest BCUT2D eigenvalue weighted by Gasteiger charge is 2.33. The lowest BCUT2D eigenvalue weighted by Crippen LogP contribution is -2.09. The molecule has 0 radical (unpaired) electrons. The van der Waals surface area contributed by atoms with Crippen LogP contribution >= 0.6 is 11.8 Å². The maximum atomic E-state index is 13.2. The van der Waals surface area contributed by atoms with Gasteiger partial charge >= 0.3 is 6.18 Å². The van der Waals surface area contributed by atoms with Crippen molar-refractivity contribution >= 4 is 28.6 Å². The van der Waals surface area contributed by atoms with Crippen LogP contribution in [0.3, 0.4) is 0 Å². The van der Waals surface area contributed by atoms with Crippen molar-refractivity contribution in [1.82, 2.24) is 0 Å². The van der Waals surface area contributed by atoms with Gasteiger partial charge in [-0.15, -0.1) is 0 Å². The van der Waals surface area contributed by atoms with Crippen LogP contribution in [0.4, 0.5) is 23.2 Å². The maximum Gasteiger partial charge on any atom is 0.417 e. The van der Waals surface area contributed by atoms with E-state index in [1.807, 2.05) is 0 Å². The molecule has 0 atom stereocenters. The van der Waals surface area contributed by atoms with E-state index in [0.29, 0.717) is 6.07 Å². The Morgan fingerprint density at radius 2 is 2.05 bits per heavy atom. The SMILES string of the molecule is CC(=O)SCC=Cc1cc(F)c(N)cc1C(F)(F)F. The van der Waals surface area contributed by atoms with Crippen molar-refractivity contribution < 1.29 is 22.4 Å². The summed E-state index contributed by atoms with van der Waals surface area (Å²) in [7, 11) is 0. The van der Waals surface area contributed by atoms with Crippen LogP contribution in [-0.4, -0.2) is 10.9 Å². The molecule has 0 aliphatic heterocycles. The molecule has 0 fully saturated rings. The predicted octanol–water partition coefficient (Wildman–Crippen LogP) is 3.72. The van der Waals surface area contributed by atoms with Crippen molar-refractivity contribution in [3.05, 3.63) is 35.2 Å². The molecule has 19 heavy (non-hydrogen) atoms. The van der Waals surface area contributed by atoms with E-state index in [4.69, 9.17) is 5.73 Å². The average molecular weight is 293 g/mol. The van der Waals surface area contributed by atoms with Crippen LogP contribution in [0.5, 0.6) is 0 Å². The molecule has 0 heterocycles. The minimum atomic E-state index is -4.62. The zero-order valence-electron chi connectivity index (χ0n) is 9.92. The lowest BCUT2D eigenvalue weighted by atomic mass is 10.1. The Hall–Kier alpha value is -1.50. The van der Waals surface area contributed by atoms with Crippen molar-refractivity contribution in [2.24, 2.45) is 0 Å². The van der Waals surface area contributed by atoms with Gasteiger partial charge in [0.25, 0.3) is 0 Å². The molecule has 0 aliphatic rings. The summed E-state index contributed by atoms with van der Waals surface area (Å²) in [6.45, 7) is 1.35. The van der Waals surface area contributed by atoms with Crippen molar-refractivity contribution in [2.45, 2.75) is 13.1 Å². The molecular formula is C12H11F4NOS. The van der Waals surface area contributed by atoms with Crippen molar-refractivity contribution in [2.75, 3.05) is 11.5 Å². The fourth-order valence-electron chi connectivity index (χ4n) is 1.33. The third kappa shape index (κ3) is 4.59. The lowest BCUT2D eigenvalue weighted by molar-refractivity contribution is -0.137. The average Bonchev–Trinajstić information content (AvgIpc) is 2.27. The van der Waals surface area contributed by atoms with Crippen LogP contribution < -0.4 is 5.73 Å². The highest BCUT2D eigenvalue weighted by atomic mass is 32.2. The predicted molar refractivity (Wildman–Crippen MR) is 68.0 cm³/mol. The molecule has 1 rings (SSSR count). The number of hydrogen-bond acceptors (Lipinski definition) is 3. The zero-order valence-corrected chi connectivity index (χ0v) is 10.7. The summed E-state index contributed by atoms with van der Waals surface area (Å²) < 4.78 is 51.4. The van der Waals surface area contributed by atoms with E-state index >= 15 is 0 Å². The molecule has 2 N–H and O–H groups in total. The summed E-state index contributed by atoms with van der Waals surface area (Å²) >= 11 is 0.946. The fourth-order valence-corrected chi connectivity index (χ4v) is 1.76. The number of thioether (sulfide) groups is 1. The first-order chi connectivity index (χ1) is 8.71. The van der Waals surface area contributed by atoms with Crippen molar-refractivity contribution in [3.63, 3.8) is 0 Å². The summed E-state index contributed by atoms with van der Waals surface area (Å²) in [5, 5.41) is -0.149. The van der Waals surface area contributed by atoms with Crippen LogP contribution in [0.25, 0.3) is 6.08 Å². The van der Waals surface area contributed by atoms with Gasteiger partial charge in [-0.2, -0.15) is 13.2 Å². The Bertz CT molecular complexity index is 511. The summed E-state index contributed by atoms with van der Waals surface area (Å²) in [5.74, 6) is -0.689. The normalized spacial score (nSPS) is 12.1. The van der Waals surface area contributed by atoms with E-state index in [9.17, 15) is 22.4 Å². The molecule has 0 saturated carbocycles. The lowest BCUT2D eigenvalue weighted by Gasteiger charge is -2.11. The molecule has 0 bridgehead atoms. The van der Waals surface area contributed by atoms with E-state index in [0.717, 1.165) is 23.9 Å². The molecule has 0 aliphatic carbocycles. The molecule has 0 unspecified atom stereocenters. The molecule has 0 saturated heterocycles. The monoisotopic (exact) mass is 293 g/mol. The second kappa shape index (κ2) is 6.10. The molecule has 2 nitrogen and oxygen atoms in total. The summed E-state index contributed by atoms with van der Waals surface area (Å²) in [5.41, 5.74) is 3.26. The highest BCUT2D eigenvalue weighted by Crippen LogP contribution is 2.34. The van der Waals surface area contributed by atoms with E-state index in [1.165, 1.54) is 13.0 Å². The van der Waals surface area contributed by atoms with Crippen LogP contribution in [0.1, 0.15) is 18.1 Å². The van der Waals surface area contributed by atoms with Gasteiger partial charge in [-0.05, 0) is 17.7 Å². The molecule has 1 aromatic carbocycles. The van der Waals surface area contributed by atoms with Gasteiger partial charge in [0.2, 0.25) is 0 Å². The van der Waals surface area contributed by atoms with E-state index in [-0.39, 0.29) is 16.4 Å². The number of benzene rings is 1. The molecule has 7 heteroatoms. The van der Waals surface area contributed by atoms with E-state index in [1.54, 1.807) is 0 Å². The first kappa shape index (κ1) is 15.6. The first-order valence-electron chi connectivity index (χ1n) is 5.18. The third-order valence-electron chi connectivity index (χ3n) is 2.15. The molecule has 0 spiro atoms. The fraction of sp³-hybridized carbons (Fsp3) is 0.250. The highest BCUT2D eigenvalue weighted by molar-refractivity contribution is 8.13. The van der Waals surface area contributed by atoms with Crippen LogP contribution in [0, 0.1) is 5.82 Å². The van der Waals surface area contributed by atoms with Crippen molar-refractivity contribution in [1.29, 1.82) is 0 Å². The van der Waals surface area contributed by atoms with Gasteiger partial charge in [0, 0.05) is 12.7 Å². The first-order valence-corrected chi connectivity index (χ1v) is 6.16. The number of carbonyl (C=O) groups is 1. The molecule has 104 valence electrons. The van der Waals surface area contributed by atoms with Crippen LogP contribution in [0.15, 0.2) is 18.2 Å². The smallest absolute Gasteiger partial charge is 0.396 e. The Morgan fingerprint density at radius 3 is 2.58 bits per heavy atom. The molecular weight excluding hydrogens is 282 g/mol. The third-order valence-corrected chi connectivity index (χ3v) is 2.92. The van der Waals surface area contributed by atoms with Crippen LogP contribution in [0.2, 0.25) is 0 Å². The van der Waals surface area contributed by atoms with Gasteiger partial charge in [0.1, 0.15) is 5.82 Å². The minimum absolute atomic E-state index is 0.149. The number of alkyl halides is 3. The topological polar surface area (TPSA) is 43.1 Å². The number of nitrogens with two attached hydrogens (primary N) is 1. The number of halogens is 4. The quantitative estimate of drug-likeness (QED) is 0.682. The Labute approximate surface area is 111 Å².